The number of nitrogens with zero attached hydrogens (tertiary/aromatic N) is 2. The molecule has 0 N–H and O–H groups in total. The predicted octanol–water partition coefficient (Wildman–Crippen LogP) is 5.59. The minimum atomic E-state index is 0.554. The van der Waals surface area contributed by atoms with Gasteiger partial charge in [0, 0.05) is 30.0 Å². The Bertz CT molecular complexity index is 617. The molecule has 0 aliphatic heterocycles. The highest BCUT2D eigenvalue weighted by molar-refractivity contribution is 6.36. The number of halogens is 2. The summed E-state index contributed by atoms with van der Waals surface area (Å²) in [5.74, 6) is 0. The summed E-state index contributed by atoms with van der Waals surface area (Å²) in [5, 5.41) is 1.17. The zero-order chi connectivity index (χ0) is 15.2. The van der Waals surface area contributed by atoms with Crippen molar-refractivity contribution in [1.29, 1.82) is 0 Å². The highest BCUT2D eigenvalue weighted by atomic mass is 35.5. The molecule has 2 aromatic rings. The molecule has 0 amide bonds. The third-order valence-corrected chi connectivity index (χ3v) is 3.82. The van der Waals surface area contributed by atoms with Gasteiger partial charge in [0.05, 0.1) is 10.7 Å². The molecule has 110 valence electrons. The van der Waals surface area contributed by atoms with Crippen molar-refractivity contribution in [1.82, 2.24) is 0 Å². The van der Waals surface area contributed by atoms with E-state index in [1.165, 1.54) is 5.69 Å². The molecule has 0 aliphatic carbocycles. The Morgan fingerprint density at radius 2 is 1.67 bits per heavy atom. The van der Waals surface area contributed by atoms with Gasteiger partial charge in [-0.2, -0.15) is 0 Å². The van der Waals surface area contributed by atoms with Gasteiger partial charge in [-0.05, 0) is 49.7 Å². The second-order valence-corrected chi connectivity index (χ2v) is 5.46. The van der Waals surface area contributed by atoms with Gasteiger partial charge in [-0.25, -0.2) is 0 Å². The summed E-state index contributed by atoms with van der Waals surface area (Å²) in [7, 11) is 0. The third kappa shape index (κ3) is 4.23. The Kier molecular flexibility index (Phi) is 5.66. The van der Waals surface area contributed by atoms with E-state index in [-0.39, 0.29) is 0 Å². The molecule has 0 saturated carbocycles. The van der Waals surface area contributed by atoms with Crippen LogP contribution < -0.4 is 4.90 Å². The summed E-state index contributed by atoms with van der Waals surface area (Å²) in [5.41, 5.74) is 2.98. The van der Waals surface area contributed by atoms with Crippen LogP contribution in [0, 0.1) is 0 Å². The summed E-state index contributed by atoms with van der Waals surface area (Å²) >= 11 is 12.0. The SMILES string of the molecule is CCN(CC)c1ccc(C=Nc2ccc(Cl)cc2Cl)cc1. The predicted molar refractivity (Wildman–Crippen MR) is 93.7 cm³/mol. The molecule has 0 saturated heterocycles. The van der Waals surface area contributed by atoms with Crippen molar-refractivity contribution in [3.63, 3.8) is 0 Å². The zero-order valence-corrected chi connectivity index (χ0v) is 13.7. The Morgan fingerprint density at radius 1 is 1.00 bits per heavy atom. The first-order valence-electron chi connectivity index (χ1n) is 6.98. The van der Waals surface area contributed by atoms with Gasteiger partial charge in [0.1, 0.15) is 0 Å². The van der Waals surface area contributed by atoms with E-state index in [4.69, 9.17) is 23.2 Å². The average molecular weight is 321 g/mol. The van der Waals surface area contributed by atoms with E-state index >= 15 is 0 Å². The molecule has 2 rings (SSSR count). The van der Waals surface area contributed by atoms with Gasteiger partial charge >= 0.3 is 0 Å². The highest BCUT2D eigenvalue weighted by Gasteiger charge is 2.01. The van der Waals surface area contributed by atoms with E-state index < -0.39 is 0 Å². The van der Waals surface area contributed by atoms with Crippen LogP contribution >= 0.6 is 23.2 Å². The first kappa shape index (κ1) is 15.9. The Hall–Kier alpha value is -1.51. The van der Waals surface area contributed by atoms with Crippen LogP contribution in [0.2, 0.25) is 10.0 Å². The van der Waals surface area contributed by atoms with Crippen LogP contribution in [0.15, 0.2) is 47.5 Å². The molecule has 0 bridgehead atoms. The maximum absolute atomic E-state index is 6.10. The first-order valence-corrected chi connectivity index (χ1v) is 7.73. The van der Waals surface area contributed by atoms with Gasteiger partial charge in [0.2, 0.25) is 0 Å². The van der Waals surface area contributed by atoms with Crippen LogP contribution in [-0.4, -0.2) is 19.3 Å². The van der Waals surface area contributed by atoms with Gasteiger partial charge in [0.25, 0.3) is 0 Å². The average Bonchev–Trinajstić information content (AvgIpc) is 2.49. The summed E-state index contributed by atoms with van der Waals surface area (Å²) in [4.78, 5) is 6.71. The number of aliphatic imine (C=N–C) groups is 1. The molecule has 0 aromatic heterocycles. The molecule has 2 nitrogen and oxygen atoms in total. The molecule has 2 aromatic carbocycles. The van der Waals surface area contributed by atoms with E-state index in [0.717, 1.165) is 18.7 Å². The maximum Gasteiger partial charge on any atom is 0.0817 e. The molecule has 4 heteroatoms. The minimum Gasteiger partial charge on any atom is -0.372 e. The Balaban J connectivity index is 2.14. The standard InChI is InChI=1S/C17H18Cl2N2/c1-3-21(4-2)15-8-5-13(6-9-15)12-20-17-10-7-14(18)11-16(17)19/h5-12H,3-4H2,1-2H3. The van der Waals surface area contributed by atoms with E-state index in [0.29, 0.717) is 15.7 Å². The molecular weight excluding hydrogens is 303 g/mol. The fourth-order valence-corrected chi connectivity index (χ4v) is 2.55. The van der Waals surface area contributed by atoms with Crippen LogP contribution in [0.5, 0.6) is 0 Å². The number of hydrogen-bond acceptors (Lipinski definition) is 2. The van der Waals surface area contributed by atoms with Crippen LogP contribution in [0.4, 0.5) is 11.4 Å². The van der Waals surface area contributed by atoms with Gasteiger partial charge in [-0.3, -0.25) is 4.99 Å². The summed E-state index contributed by atoms with van der Waals surface area (Å²) < 4.78 is 0. The summed E-state index contributed by atoms with van der Waals surface area (Å²) in [6.07, 6.45) is 1.81. The molecule has 0 aliphatic rings. The highest BCUT2D eigenvalue weighted by Crippen LogP contribution is 2.27. The van der Waals surface area contributed by atoms with Crippen molar-refractivity contribution in [3.8, 4) is 0 Å². The smallest absolute Gasteiger partial charge is 0.0817 e. The molecule has 21 heavy (non-hydrogen) atoms. The van der Waals surface area contributed by atoms with E-state index in [1.54, 1.807) is 18.3 Å². The molecule has 0 spiro atoms. The van der Waals surface area contributed by atoms with Gasteiger partial charge in [0.15, 0.2) is 0 Å². The van der Waals surface area contributed by atoms with Gasteiger partial charge < -0.3 is 4.90 Å². The second-order valence-electron chi connectivity index (χ2n) is 4.62. The molecule has 0 fully saturated rings. The minimum absolute atomic E-state index is 0.554. The van der Waals surface area contributed by atoms with E-state index in [1.807, 2.05) is 6.07 Å². The second kappa shape index (κ2) is 7.48. The maximum atomic E-state index is 6.10. The largest absolute Gasteiger partial charge is 0.372 e. The molecule has 0 atom stereocenters. The van der Waals surface area contributed by atoms with Crippen molar-refractivity contribution < 1.29 is 0 Å². The van der Waals surface area contributed by atoms with Crippen molar-refractivity contribution in [2.45, 2.75) is 13.8 Å². The van der Waals surface area contributed by atoms with E-state index in [2.05, 4.69) is 48.0 Å². The van der Waals surface area contributed by atoms with Crippen molar-refractivity contribution in [2.75, 3.05) is 18.0 Å². The number of hydrogen-bond donors (Lipinski definition) is 0. The fraction of sp³-hybridized carbons (Fsp3) is 0.235. The molecular formula is C17H18Cl2N2. The number of benzene rings is 2. The fourth-order valence-electron chi connectivity index (χ4n) is 2.09. The quantitative estimate of drug-likeness (QED) is 0.655. The van der Waals surface area contributed by atoms with Gasteiger partial charge in [-0.1, -0.05) is 35.3 Å². The van der Waals surface area contributed by atoms with Crippen molar-refractivity contribution in [3.05, 3.63) is 58.1 Å². The molecule has 0 unspecified atom stereocenters. The summed E-state index contributed by atoms with van der Waals surface area (Å²) in [6, 6.07) is 13.6. The summed E-state index contributed by atoms with van der Waals surface area (Å²) in [6.45, 7) is 6.32. The van der Waals surface area contributed by atoms with Crippen LogP contribution in [0.1, 0.15) is 19.4 Å². The third-order valence-electron chi connectivity index (χ3n) is 3.28. The normalized spacial score (nSPS) is 11.0. The molecule has 0 heterocycles. The van der Waals surface area contributed by atoms with Crippen LogP contribution in [0.3, 0.4) is 0 Å². The van der Waals surface area contributed by atoms with Crippen molar-refractivity contribution >= 4 is 40.8 Å². The topological polar surface area (TPSA) is 15.6 Å². The lowest BCUT2D eigenvalue weighted by Crippen LogP contribution is -2.21. The Morgan fingerprint density at radius 3 is 2.24 bits per heavy atom. The lowest BCUT2D eigenvalue weighted by atomic mass is 10.2. The lowest BCUT2D eigenvalue weighted by Gasteiger charge is -2.20. The van der Waals surface area contributed by atoms with Gasteiger partial charge in [-0.15, -0.1) is 0 Å². The monoisotopic (exact) mass is 320 g/mol. The first-order chi connectivity index (χ1) is 10.1. The lowest BCUT2D eigenvalue weighted by molar-refractivity contribution is 0.866. The van der Waals surface area contributed by atoms with Crippen LogP contribution in [-0.2, 0) is 0 Å². The number of rotatable bonds is 5. The van der Waals surface area contributed by atoms with E-state index in [9.17, 15) is 0 Å². The van der Waals surface area contributed by atoms with Crippen LogP contribution in [0.25, 0.3) is 0 Å². The zero-order valence-electron chi connectivity index (χ0n) is 12.2. The number of anilines is 1. The van der Waals surface area contributed by atoms with Crippen molar-refractivity contribution in [2.24, 2.45) is 4.99 Å². The Labute approximate surface area is 136 Å². The molecule has 0 radical (unpaired) electrons.